The van der Waals surface area contributed by atoms with Gasteiger partial charge in [-0.05, 0) is 85.2 Å². The van der Waals surface area contributed by atoms with Crippen molar-refractivity contribution in [2.24, 2.45) is 0 Å². The molecule has 12 heteroatoms. The van der Waals surface area contributed by atoms with E-state index in [0.29, 0.717) is 37.2 Å². The standard InChI is InChI=1S/C33H36N2O7S3/c1-4-24(18-31-34(14-8-9-15-44(36,37)38)27-16-22(2)23(3)17-30(27)43-31)19-32-35(21-33(35)45(39,40)41)28-20-26(12-13-29(28)42-32)25-10-6-5-7-11-25/h5-7,10-13,16-20,32-33H,4,8-9,14-15,21H2,1-3H3,(H-,36,37,38,39,40,41). The third kappa shape index (κ3) is 6.32. The van der Waals surface area contributed by atoms with E-state index in [1.54, 1.807) is 11.8 Å². The van der Waals surface area contributed by atoms with Gasteiger partial charge in [0.15, 0.2) is 28.1 Å². The van der Waals surface area contributed by atoms with E-state index in [2.05, 4.69) is 37.0 Å². The Labute approximate surface area is 269 Å². The Kier molecular flexibility index (Phi) is 8.42. The molecule has 0 radical (unpaired) electrons. The first-order valence-electron chi connectivity index (χ1n) is 14.9. The predicted octanol–water partition coefficient (Wildman–Crippen LogP) is 6.34. The molecule has 1 N–H and O–H groups in total. The van der Waals surface area contributed by atoms with Crippen molar-refractivity contribution in [2.45, 2.75) is 56.5 Å². The highest BCUT2D eigenvalue weighted by molar-refractivity contribution is 8.03. The zero-order valence-corrected chi connectivity index (χ0v) is 27.8. The number of nitrogens with zero attached hydrogens (tertiary/aromatic N) is 2. The normalized spacial score (nSPS) is 23.4. The highest BCUT2D eigenvalue weighted by Crippen LogP contribution is 2.55. The van der Waals surface area contributed by atoms with Crippen molar-refractivity contribution < 1.29 is 30.7 Å². The highest BCUT2D eigenvalue weighted by atomic mass is 32.2. The van der Waals surface area contributed by atoms with E-state index in [1.165, 1.54) is 5.56 Å². The number of aryl methyl sites for hydroxylation is 2. The van der Waals surface area contributed by atoms with Gasteiger partial charge in [-0.1, -0.05) is 55.1 Å². The van der Waals surface area contributed by atoms with Crippen LogP contribution in [0.25, 0.3) is 11.1 Å². The van der Waals surface area contributed by atoms with E-state index < -0.39 is 31.8 Å². The maximum Gasteiger partial charge on any atom is 0.264 e. The summed E-state index contributed by atoms with van der Waals surface area (Å²) in [6.07, 6.45) is 4.84. The first-order chi connectivity index (χ1) is 21.3. The lowest BCUT2D eigenvalue weighted by Gasteiger charge is -2.22. The summed E-state index contributed by atoms with van der Waals surface area (Å²) in [5.41, 5.74) is 6.89. The van der Waals surface area contributed by atoms with Crippen LogP contribution in [0.5, 0.6) is 5.75 Å². The Bertz CT molecular complexity index is 1920. The quantitative estimate of drug-likeness (QED) is 0.114. The smallest absolute Gasteiger partial charge is 0.264 e. The van der Waals surface area contributed by atoms with Gasteiger partial charge in [0, 0.05) is 23.6 Å². The van der Waals surface area contributed by atoms with Gasteiger partial charge in [0.1, 0.15) is 0 Å². The van der Waals surface area contributed by atoms with Crippen LogP contribution < -0.4 is 14.1 Å². The molecule has 3 unspecified atom stereocenters. The first-order valence-corrected chi connectivity index (χ1v) is 18.8. The van der Waals surface area contributed by atoms with Gasteiger partial charge in [0.05, 0.1) is 16.5 Å². The number of anilines is 1. The molecule has 3 heterocycles. The molecular formula is C33H36N2O7S3. The molecule has 0 bridgehead atoms. The minimum atomic E-state index is -4.59. The molecule has 238 valence electrons. The van der Waals surface area contributed by atoms with Crippen LogP contribution >= 0.6 is 11.8 Å². The molecule has 1 fully saturated rings. The Balaban J connectivity index is 1.35. The fourth-order valence-corrected chi connectivity index (χ4v) is 9.13. The van der Waals surface area contributed by atoms with Crippen LogP contribution in [-0.4, -0.2) is 56.4 Å². The van der Waals surface area contributed by atoms with Gasteiger partial charge >= 0.3 is 0 Å². The Morgan fingerprint density at radius 2 is 1.78 bits per heavy atom. The lowest BCUT2D eigenvalue weighted by Crippen LogP contribution is -2.41. The van der Waals surface area contributed by atoms with Gasteiger partial charge in [-0.2, -0.15) is 8.42 Å². The molecule has 3 aliphatic rings. The summed E-state index contributed by atoms with van der Waals surface area (Å²) in [5, 5.41) is -0.172. The summed E-state index contributed by atoms with van der Waals surface area (Å²) in [5.74, 6) is 0.279. The number of ether oxygens (including phenoxy) is 1. The van der Waals surface area contributed by atoms with Crippen LogP contribution in [0.2, 0.25) is 0 Å². The van der Waals surface area contributed by atoms with Crippen LogP contribution in [0, 0.1) is 13.8 Å². The molecule has 3 aliphatic heterocycles. The van der Waals surface area contributed by atoms with Gasteiger partial charge in [0.2, 0.25) is 5.37 Å². The predicted molar refractivity (Wildman–Crippen MR) is 178 cm³/mol. The van der Waals surface area contributed by atoms with Gasteiger partial charge in [-0.3, -0.25) is 4.55 Å². The second kappa shape index (κ2) is 11.9. The van der Waals surface area contributed by atoms with Gasteiger partial charge in [-0.15, -0.1) is 0 Å². The second-order valence-corrected chi connectivity index (χ2v) is 16.0. The van der Waals surface area contributed by atoms with Crippen molar-refractivity contribution >= 4 is 43.4 Å². The van der Waals surface area contributed by atoms with Crippen molar-refractivity contribution in [3.05, 3.63) is 94.5 Å². The van der Waals surface area contributed by atoms with E-state index in [4.69, 9.17) is 4.74 Å². The third-order valence-electron chi connectivity index (χ3n) is 8.84. The van der Waals surface area contributed by atoms with Crippen LogP contribution in [-0.2, 0) is 20.2 Å². The zero-order valence-electron chi connectivity index (χ0n) is 25.3. The zero-order chi connectivity index (χ0) is 32.1. The van der Waals surface area contributed by atoms with Crippen LogP contribution in [0.4, 0.5) is 11.4 Å². The Morgan fingerprint density at radius 3 is 2.44 bits per heavy atom. The van der Waals surface area contributed by atoms with E-state index in [-0.39, 0.29) is 16.8 Å². The number of thioether (sulfide) groups is 1. The fraction of sp³-hybridized carbons (Fsp3) is 0.333. The number of quaternary nitrogens is 1. The number of unbranched alkanes of at least 4 members (excludes halogenated alkanes) is 1. The molecule has 9 nitrogen and oxygen atoms in total. The fourth-order valence-electron chi connectivity index (χ4n) is 6.19. The largest absolute Gasteiger partial charge is 0.743 e. The number of fused-ring (bicyclic) bond motifs is 3. The van der Waals surface area contributed by atoms with E-state index >= 15 is 0 Å². The summed E-state index contributed by atoms with van der Waals surface area (Å²) in [6, 6.07) is 19.8. The topological polar surface area (TPSA) is 124 Å². The lowest BCUT2D eigenvalue weighted by molar-refractivity contribution is 0.190. The van der Waals surface area contributed by atoms with E-state index in [1.807, 2.05) is 61.5 Å². The number of rotatable bonds is 10. The molecular weight excluding hydrogens is 633 g/mol. The molecule has 0 amide bonds. The summed E-state index contributed by atoms with van der Waals surface area (Å²) >= 11 is 1.63. The first kappa shape index (κ1) is 31.8. The summed E-state index contributed by atoms with van der Waals surface area (Å²) in [6.45, 7) is 6.85. The second-order valence-electron chi connectivity index (χ2n) is 11.8. The van der Waals surface area contributed by atoms with Crippen molar-refractivity contribution in [3.8, 4) is 16.9 Å². The van der Waals surface area contributed by atoms with Gasteiger partial charge in [-0.25, -0.2) is 12.9 Å². The lowest BCUT2D eigenvalue weighted by atomic mass is 10.0. The average molecular weight is 669 g/mol. The molecule has 3 aromatic carbocycles. The number of hydrogen-bond acceptors (Lipinski definition) is 8. The summed E-state index contributed by atoms with van der Waals surface area (Å²) in [7, 11) is -8.62. The average Bonchev–Trinajstić information content (AvgIpc) is 3.59. The van der Waals surface area contributed by atoms with Gasteiger partial charge < -0.3 is 14.2 Å². The minimum absolute atomic E-state index is 0.0837. The van der Waals surface area contributed by atoms with Crippen LogP contribution in [0.1, 0.15) is 37.3 Å². The SMILES string of the molecule is CCC(=CC1Oc2ccc(-c3ccccc3)cc2[N+]12CC2S(=O)(=O)[O-])C=C1Sc2cc(C)c(C)cc2N1CCCCS(=O)(=O)O. The maximum absolute atomic E-state index is 12.4. The number of hydrogen-bond donors (Lipinski definition) is 1. The van der Waals surface area contributed by atoms with Crippen molar-refractivity contribution in [2.75, 3.05) is 23.7 Å². The Morgan fingerprint density at radius 1 is 1.04 bits per heavy atom. The molecule has 0 aromatic heterocycles. The maximum atomic E-state index is 12.4. The monoisotopic (exact) mass is 668 g/mol. The number of allylic oxidation sites excluding steroid dienone is 2. The Hall–Kier alpha value is -3.13. The molecule has 45 heavy (non-hydrogen) atoms. The molecule has 3 atom stereocenters. The van der Waals surface area contributed by atoms with Crippen LogP contribution in [0.15, 0.2) is 88.3 Å². The van der Waals surface area contributed by atoms with E-state index in [0.717, 1.165) is 37.9 Å². The van der Waals surface area contributed by atoms with Crippen LogP contribution in [0.3, 0.4) is 0 Å². The summed E-state index contributed by atoms with van der Waals surface area (Å²) in [4.78, 5) is 3.27. The molecule has 0 aliphatic carbocycles. The molecule has 0 saturated carbocycles. The van der Waals surface area contributed by atoms with Crippen molar-refractivity contribution in [3.63, 3.8) is 0 Å². The van der Waals surface area contributed by atoms with E-state index in [9.17, 15) is 25.9 Å². The summed E-state index contributed by atoms with van der Waals surface area (Å²) < 4.78 is 75.2. The molecule has 1 saturated heterocycles. The van der Waals surface area contributed by atoms with Crippen molar-refractivity contribution in [1.82, 2.24) is 4.48 Å². The molecule has 1 spiro atoms. The number of benzene rings is 3. The molecule has 3 aromatic rings. The minimum Gasteiger partial charge on any atom is -0.743 e. The highest BCUT2D eigenvalue weighted by Gasteiger charge is 2.70. The molecule has 6 rings (SSSR count). The van der Waals surface area contributed by atoms with Crippen molar-refractivity contribution in [1.29, 1.82) is 0 Å². The third-order valence-corrected chi connectivity index (χ3v) is 11.9. The van der Waals surface area contributed by atoms with Gasteiger partial charge in [0.25, 0.3) is 16.3 Å².